The van der Waals surface area contributed by atoms with E-state index >= 15 is 0 Å². The summed E-state index contributed by atoms with van der Waals surface area (Å²) >= 11 is 0. The van der Waals surface area contributed by atoms with Crippen molar-refractivity contribution in [2.24, 2.45) is 34.5 Å². The standard InChI is InChI=1S/C37H51N3O4/c1-25(2)11-10-12-26(3)29-15-16-30-34(29,4)19-18-31-35(5)20-17-28(44-24-43-6)23-36(35)21-22-37(30,31)40-33(42)38(32(41)39(36)40)27-13-8-7-9-14-27/h7-9,13-14,18,21-22,25-26,28-30H,10-12,15-17,19-20,23-24H2,1-6H3/t26-,28+,29-,30-,34-,35-,36-,37+/m1/s1. The second-order valence-corrected chi connectivity index (χ2v) is 15.6. The van der Waals surface area contributed by atoms with Gasteiger partial charge in [-0.3, -0.25) is 0 Å². The van der Waals surface area contributed by atoms with E-state index in [9.17, 15) is 9.59 Å². The molecule has 1 aromatic heterocycles. The van der Waals surface area contributed by atoms with Crippen molar-refractivity contribution in [1.29, 1.82) is 0 Å². The molecule has 7 heteroatoms. The minimum Gasteiger partial charge on any atom is -0.359 e. The van der Waals surface area contributed by atoms with E-state index in [0.29, 0.717) is 23.9 Å². The first kappa shape index (κ1) is 30.0. The lowest BCUT2D eigenvalue weighted by Gasteiger charge is -2.68. The largest absolute Gasteiger partial charge is 0.359 e. The number of methoxy groups -OCH3 is 1. The lowest BCUT2D eigenvalue weighted by Crippen LogP contribution is -2.73. The van der Waals surface area contributed by atoms with Crippen molar-refractivity contribution < 1.29 is 9.47 Å². The number of fused-ring (bicyclic) bond motifs is 1. The maximum atomic E-state index is 14.8. The summed E-state index contributed by atoms with van der Waals surface area (Å²) in [4.78, 5) is 29.5. The van der Waals surface area contributed by atoms with E-state index in [1.54, 1.807) is 7.11 Å². The summed E-state index contributed by atoms with van der Waals surface area (Å²) in [6, 6.07) is 9.47. The summed E-state index contributed by atoms with van der Waals surface area (Å²) in [7, 11) is 1.65. The average molecular weight is 602 g/mol. The zero-order chi connectivity index (χ0) is 31.1. The van der Waals surface area contributed by atoms with E-state index in [-0.39, 0.29) is 41.0 Å². The molecule has 0 unspecified atom stereocenters. The molecule has 2 aromatic rings. The van der Waals surface area contributed by atoms with Gasteiger partial charge >= 0.3 is 11.4 Å². The third-order valence-electron chi connectivity index (χ3n) is 13.0. The number of rotatable bonds is 9. The van der Waals surface area contributed by atoms with Crippen LogP contribution in [0.2, 0.25) is 0 Å². The molecule has 0 N–H and O–H groups in total. The molecule has 2 aliphatic heterocycles. The Hall–Kier alpha value is -2.64. The third-order valence-corrected chi connectivity index (χ3v) is 13.0. The smallest absolute Gasteiger partial charge is 0.353 e. The number of aromatic nitrogens is 3. The van der Waals surface area contributed by atoms with Crippen LogP contribution in [-0.4, -0.2) is 33.9 Å². The first-order valence-corrected chi connectivity index (χ1v) is 17.1. The topological polar surface area (TPSA) is 67.4 Å². The summed E-state index contributed by atoms with van der Waals surface area (Å²) in [5, 5.41) is 0. The van der Waals surface area contributed by atoms with E-state index in [0.717, 1.165) is 31.6 Å². The predicted octanol–water partition coefficient (Wildman–Crippen LogP) is 6.78. The van der Waals surface area contributed by atoms with Crippen LogP contribution in [-0.2, 0) is 20.6 Å². The second kappa shape index (κ2) is 10.4. The normalized spacial score (nSPS) is 37.3. The minimum atomic E-state index is -0.691. The number of ether oxygens (including phenoxy) is 2. The minimum absolute atomic E-state index is 0.0483. The van der Waals surface area contributed by atoms with Gasteiger partial charge in [-0.15, -0.1) is 0 Å². The van der Waals surface area contributed by atoms with Gasteiger partial charge in [-0.1, -0.05) is 90.3 Å². The van der Waals surface area contributed by atoms with Gasteiger partial charge in [0.2, 0.25) is 0 Å². The molecule has 1 aromatic carbocycles. The second-order valence-electron chi connectivity index (χ2n) is 15.6. The molecule has 2 bridgehead atoms. The van der Waals surface area contributed by atoms with Gasteiger partial charge in [0.05, 0.1) is 17.3 Å². The van der Waals surface area contributed by atoms with Crippen molar-refractivity contribution in [3.8, 4) is 5.69 Å². The summed E-state index contributed by atoms with van der Waals surface area (Å²) < 4.78 is 16.7. The van der Waals surface area contributed by atoms with Crippen molar-refractivity contribution in [2.45, 2.75) is 110 Å². The number of nitrogens with zero attached hydrogens (tertiary/aromatic N) is 3. The van der Waals surface area contributed by atoms with Crippen LogP contribution in [0.25, 0.3) is 5.69 Å². The maximum absolute atomic E-state index is 14.8. The van der Waals surface area contributed by atoms with Crippen LogP contribution in [0.15, 0.2) is 63.7 Å². The Morgan fingerprint density at radius 2 is 1.70 bits per heavy atom. The van der Waals surface area contributed by atoms with Crippen LogP contribution >= 0.6 is 0 Å². The van der Waals surface area contributed by atoms with E-state index < -0.39 is 11.1 Å². The van der Waals surface area contributed by atoms with Gasteiger partial charge in [0, 0.05) is 18.9 Å². The summed E-state index contributed by atoms with van der Waals surface area (Å²) in [6.07, 6.45) is 16.7. The van der Waals surface area contributed by atoms with Crippen LogP contribution in [0.3, 0.4) is 0 Å². The zero-order valence-corrected chi connectivity index (χ0v) is 27.6. The Kier molecular flexibility index (Phi) is 7.13. The molecular formula is C37H51N3O4. The van der Waals surface area contributed by atoms with Gasteiger partial charge in [-0.05, 0) is 78.9 Å². The van der Waals surface area contributed by atoms with Crippen LogP contribution in [0.5, 0.6) is 0 Å². The molecule has 8 rings (SSSR count). The molecule has 2 spiro atoms. The summed E-state index contributed by atoms with van der Waals surface area (Å²) in [5.74, 6) is 2.20. The molecule has 2 saturated carbocycles. The van der Waals surface area contributed by atoms with Crippen molar-refractivity contribution in [3.05, 3.63) is 75.1 Å². The molecule has 4 aliphatic carbocycles. The lowest BCUT2D eigenvalue weighted by molar-refractivity contribution is -0.137. The summed E-state index contributed by atoms with van der Waals surface area (Å²) in [6.45, 7) is 12.2. The number of allylic oxidation sites excluding steroid dienone is 4. The Balaban J connectivity index is 1.42. The number of benzene rings is 1. The molecule has 44 heavy (non-hydrogen) atoms. The van der Waals surface area contributed by atoms with Gasteiger partial charge in [-0.25, -0.2) is 23.5 Å². The number of hydrogen-bond donors (Lipinski definition) is 0. The van der Waals surface area contributed by atoms with Crippen molar-refractivity contribution >= 4 is 0 Å². The first-order chi connectivity index (χ1) is 21.0. The van der Waals surface area contributed by atoms with Gasteiger partial charge in [0.1, 0.15) is 12.3 Å². The molecule has 0 saturated heterocycles. The molecule has 8 atom stereocenters. The number of para-hydroxylation sites is 1. The van der Waals surface area contributed by atoms with Crippen molar-refractivity contribution in [2.75, 3.05) is 13.9 Å². The molecule has 0 amide bonds. The van der Waals surface area contributed by atoms with E-state index in [1.165, 1.54) is 35.8 Å². The van der Waals surface area contributed by atoms with Crippen molar-refractivity contribution in [1.82, 2.24) is 13.9 Å². The Bertz CT molecular complexity index is 1600. The monoisotopic (exact) mass is 601 g/mol. The lowest BCUT2D eigenvalue weighted by atomic mass is 9.44. The fraction of sp³-hybridized carbons (Fsp3) is 0.676. The molecular weight excluding hydrogens is 550 g/mol. The molecule has 6 aliphatic rings. The predicted molar refractivity (Wildman–Crippen MR) is 173 cm³/mol. The van der Waals surface area contributed by atoms with Crippen LogP contribution in [0.1, 0.15) is 92.4 Å². The average Bonchev–Trinajstić information content (AvgIpc) is 3.50. The van der Waals surface area contributed by atoms with E-state index in [4.69, 9.17) is 9.47 Å². The van der Waals surface area contributed by atoms with Gasteiger partial charge in [-0.2, -0.15) is 0 Å². The molecule has 2 fully saturated rings. The van der Waals surface area contributed by atoms with Gasteiger partial charge < -0.3 is 9.47 Å². The van der Waals surface area contributed by atoms with Gasteiger partial charge in [0.25, 0.3) is 0 Å². The first-order valence-electron chi connectivity index (χ1n) is 17.1. The third kappa shape index (κ3) is 3.81. The molecule has 0 radical (unpaired) electrons. The Morgan fingerprint density at radius 3 is 2.43 bits per heavy atom. The summed E-state index contributed by atoms with van der Waals surface area (Å²) in [5.41, 5.74) is -0.0675. The van der Waals surface area contributed by atoms with Crippen LogP contribution < -0.4 is 11.4 Å². The highest BCUT2D eigenvalue weighted by Crippen LogP contribution is 2.72. The molecule has 7 nitrogen and oxygen atoms in total. The van der Waals surface area contributed by atoms with E-state index in [2.05, 4.69) is 52.8 Å². The fourth-order valence-corrected chi connectivity index (χ4v) is 11.0. The number of hydrogen-bond acceptors (Lipinski definition) is 4. The highest BCUT2D eigenvalue weighted by Gasteiger charge is 2.72. The Labute approximate surface area is 261 Å². The SMILES string of the molecule is COCO[C@H]1CC[C@]2(C)C3=CC[C@]4(C)[C@@H]([C@H](C)CCCC(C)C)CC[C@H]4[C@@]34C=C[C@]2(C1)n1c(=O)n(-c2ccccc2)c(=O)n14. The highest BCUT2D eigenvalue weighted by molar-refractivity contribution is 5.49. The highest BCUT2D eigenvalue weighted by atomic mass is 16.7. The van der Waals surface area contributed by atoms with Gasteiger partial charge in [0.15, 0.2) is 0 Å². The van der Waals surface area contributed by atoms with Crippen LogP contribution in [0.4, 0.5) is 0 Å². The maximum Gasteiger partial charge on any atom is 0.353 e. The fourth-order valence-electron chi connectivity index (χ4n) is 11.0. The van der Waals surface area contributed by atoms with E-state index in [1.807, 2.05) is 39.7 Å². The molecule has 238 valence electrons. The zero-order valence-electron chi connectivity index (χ0n) is 27.6. The molecule has 3 heterocycles. The quantitative estimate of drug-likeness (QED) is 0.235. The van der Waals surface area contributed by atoms with Crippen LogP contribution in [0, 0.1) is 34.5 Å². The van der Waals surface area contributed by atoms with Crippen molar-refractivity contribution in [3.63, 3.8) is 0 Å². The Morgan fingerprint density at radius 1 is 0.955 bits per heavy atom.